The molecule has 29 heavy (non-hydrogen) atoms. The monoisotopic (exact) mass is 390 g/mol. The number of hydrogen-bond donors (Lipinski definition) is 1. The Bertz CT molecular complexity index is 983. The molecule has 0 radical (unpaired) electrons. The zero-order valence-corrected chi connectivity index (χ0v) is 16.2. The first-order chi connectivity index (χ1) is 14.1. The first kappa shape index (κ1) is 18.7. The molecule has 1 aliphatic heterocycles. The van der Waals surface area contributed by atoms with Gasteiger partial charge in [0.1, 0.15) is 5.82 Å². The highest BCUT2D eigenvalue weighted by atomic mass is 16.5. The Morgan fingerprint density at radius 1 is 1.00 bits per heavy atom. The Labute approximate surface area is 169 Å². The zero-order valence-electron chi connectivity index (χ0n) is 16.2. The zero-order chi connectivity index (χ0) is 20.2. The van der Waals surface area contributed by atoms with Crippen LogP contribution in [0.5, 0.6) is 5.88 Å². The van der Waals surface area contributed by atoms with E-state index in [4.69, 9.17) is 10.5 Å². The van der Waals surface area contributed by atoms with Crippen LogP contribution in [0.4, 0.5) is 11.5 Å². The summed E-state index contributed by atoms with van der Waals surface area (Å²) in [5.74, 6) is 0.991. The standard InChI is InChI=1S/C21H22N6O2/c1-29-20-7-6-17(12-24-20)26-8-10-27(11-9-26)21(28)16-4-2-15(3-5-16)18-13-23-14-19(22)25-18/h2-7,12-14H,8-11H2,1H3,(H2,22,25). The second-order valence-corrected chi connectivity index (χ2v) is 6.74. The second-order valence-electron chi connectivity index (χ2n) is 6.74. The molecule has 8 heteroatoms. The smallest absolute Gasteiger partial charge is 0.253 e. The highest BCUT2D eigenvalue weighted by Gasteiger charge is 2.22. The van der Waals surface area contributed by atoms with E-state index >= 15 is 0 Å². The summed E-state index contributed by atoms with van der Waals surface area (Å²) in [6.07, 6.45) is 4.96. The molecule has 1 fully saturated rings. The quantitative estimate of drug-likeness (QED) is 0.728. The Morgan fingerprint density at radius 2 is 1.76 bits per heavy atom. The van der Waals surface area contributed by atoms with Crippen molar-refractivity contribution in [1.82, 2.24) is 19.9 Å². The first-order valence-electron chi connectivity index (χ1n) is 9.36. The predicted octanol–water partition coefficient (Wildman–Crippen LogP) is 2.09. The van der Waals surface area contributed by atoms with Gasteiger partial charge in [-0.15, -0.1) is 0 Å². The van der Waals surface area contributed by atoms with E-state index in [1.54, 1.807) is 19.5 Å². The van der Waals surface area contributed by atoms with Gasteiger partial charge in [-0.05, 0) is 18.2 Å². The Balaban J connectivity index is 1.39. The summed E-state index contributed by atoms with van der Waals surface area (Å²) < 4.78 is 5.10. The SMILES string of the molecule is COc1ccc(N2CCN(C(=O)c3ccc(-c4cncc(N)n4)cc3)CC2)cn1. The first-order valence-corrected chi connectivity index (χ1v) is 9.36. The summed E-state index contributed by atoms with van der Waals surface area (Å²) in [5, 5.41) is 0. The number of benzene rings is 1. The lowest BCUT2D eigenvalue weighted by atomic mass is 10.1. The summed E-state index contributed by atoms with van der Waals surface area (Å²) >= 11 is 0. The number of carbonyl (C=O) groups excluding carboxylic acids is 1. The molecule has 0 atom stereocenters. The van der Waals surface area contributed by atoms with Crippen molar-refractivity contribution in [2.75, 3.05) is 43.9 Å². The van der Waals surface area contributed by atoms with Gasteiger partial charge in [-0.2, -0.15) is 0 Å². The van der Waals surface area contributed by atoms with Gasteiger partial charge in [0.25, 0.3) is 5.91 Å². The summed E-state index contributed by atoms with van der Waals surface area (Å²) in [7, 11) is 1.60. The lowest BCUT2D eigenvalue weighted by Gasteiger charge is -2.36. The molecule has 2 N–H and O–H groups in total. The molecule has 0 spiro atoms. The Hall–Kier alpha value is -3.68. The van der Waals surface area contributed by atoms with Crippen LogP contribution in [-0.2, 0) is 0 Å². The molecule has 0 unspecified atom stereocenters. The number of hydrogen-bond acceptors (Lipinski definition) is 7. The number of pyridine rings is 1. The number of rotatable bonds is 4. The molecule has 0 saturated carbocycles. The van der Waals surface area contributed by atoms with E-state index in [1.165, 1.54) is 6.20 Å². The van der Waals surface area contributed by atoms with Crippen molar-refractivity contribution in [3.05, 3.63) is 60.6 Å². The fraction of sp³-hybridized carbons (Fsp3) is 0.238. The summed E-state index contributed by atoms with van der Waals surface area (Å²) in [4.78, 5) is 29.5. The molecule has 8 nitrogen and oxygen atoms in total. The number of piperazine rings is 1. The molecule has 1 saturated heterocycles. The Morgan fingerprint density at radius 3 is 2.38 bits per heavy atom. The van der Waals surface area contributed by atoms with Gasteiger partial charge in [-0.1, -0.05) is 12.1 Å². The van der Waals surface area contributed by atoms with Crippen LogP contribution in [0.1, 0.15) is 10.4 Å². The third-order valence-corrected chi connectivity index (χ3v) is 4.94. The Kier molecular flexibility index (Phi) is 5.24. The van der Waals surface area contributed by atoms with E-state index in [0.717, 1.165) is 24.3 Å². The van der Waals surface area contributed by atoms with E-state index in [0.29, 0.717) is 36.0 Å². The number of anilines is 2. The van der Waals surface area contributed by atoms with Crippen LogP contribution in [0.2, 0.25) is 0 Å². The number of amides is 1. The van der Waals surface area contributed by atoms with Crippen LogP contribution in [0.15, 0.2) is 55.0 Å². The minimum Gasteiger partial charge on any atom is -0.481 e. The number of nitrogens with two attached hydrogens (primary N) is 1. The van der Waals surface area contributed by atoms with Crippen molar-refractivity contribution in [2.24, 2.45) is 0 Å². The van der Waals surface area contributed by atoms with Crippen molar-refractivity contribution in [2.45, 2.75) is 0 Å². The second kappa shape index (κ2) is 8.14. The van der Waals surface area contributed by atoms with Gasteiger partial charge in [-0.25, -0.2) is 9.97 Å². The fourth-order valence-corrected chi connectivity index (χ4v) is 3.33. The van der Waals surface area contributed by atoms with Crippen LogP contribution in [-0.4, -0.2) is 59.0 Å². The number of ether oxygens (including phenoxy) is 1. The molecule has 148 valence electrons. The maximum absolute atomic E-state index is 12.9. The van der Waals surface area contributed by atoms with Crippen molar-refractivity contribution in [1.29, 1.82) is 0 Å². The van der Waals surface area contributed by atoms with Gasteiger partial charge >= 0.3 is 0 Å². The number of aromatic nitrogens is 3. The van der Waals surface area contributed by atoms with E-state index in [9.17, 15) is 4.79 Å². The van der Waals surface area contributed by atoms with Crippen LogP contribution in [0.3, 0.4) is 0 Å². The average Bonchev–Trinajstić information content (AvgIpc) is 2.79. The normalized spacial score (nSPS) is 14.0. The minimum absolute atomic E-state index is 0.0303. The molecular formula is C21H22N6O2. The summed E-state index contributed by atoms with van der Waals surface area (Å²) in [5.41, 5.74) is 8.94. The number of methoxy groups -OCH3 is 1. The maximum atomic E-state index is 12.9. The van der Waals surface area contributed by atoms with Crippen molar-refractivity contribution >= 4 is 17.4 Å². The largest absolute Gasteiger partial charge is 0.481 e. The number of nitrogens with zero attached hydrogens (tertiary/aromatic N) is 5. The van der Waals surface area contributed by atoms with Crippen LogP contribution < -0.4 is 15.4 Å². The molecule has 2 aromatic heterocycles. The highest BCUT2D eigenvalue weighted by Crippen LogP contribution is 2.21. The molecule has 3 heterocycles. The third-order valence-electron chi connectivity index (χ3n) is 4.94. The van der Waals surface area contributed by atoms with Gasteiger partial charge in [0, 0.05) is 43.4 Å². The van der Waals surface area contributed by atoms with Crippen molar-refractivity contribution in [3.8, 4) is 17.1 Å². The topological polar surface area (TPSA) is 97.5 Å². The summed E-state index contributed by atoms with van der Waals surface area (Å²) in [6, 6.07) is 11.2. The number of carbonyl (C=O) groups is 1. The summed E-state index contributed by atoms with van der Waals surface area (Å²) in [6.45, 7) is 2.84. The number of nitrogen functional groups attached to an aromatic ring is 1. The molecule has 1 aliphatic rings. The van der Waals surface area contributed by atoms with E-state index in [2.05, 4.69) is 19.9 Å². The molecule has 1 amide bonds. The minimum atomic E-state index is 0.0303. The lowest BCUT2D eigenvalue weighted by Crippen LogP contribution is -2.48. The average molecular weight is 390 g/mol. The van der Waals surface area contributed by atoms with E-state index in [1.807, 2.05) is 41.3 Å². The van der Waals surface area contributed by atoms with Crippen LogP contribution >= 0.6 is 0 Å². The van der Waals surface area contributed by atoms with Gasteiger partial charge in [0.2, 0.25) is 5.88 Å². The predicted molar refractivity (Wildman–Crippen MR) is 111 cm³/mol. The van der Waals surface area contributed by atoms with Crippen LogP contribution in [0, 0.1) is 0 Å². The van der Waals surface area contributed by atoms with Gasteiger partial charge in [0.15, 0.2) is 0 Å². The molecule has 1 aromatic carbocycles. The molecule has 0 aliphatic carbocycles. The van der Waals surface area contributed by atoms with Gasteiger partial charge in [0.05, 0.1) is 37.1 Å². The van der Waals surface area contributed by atoms with E-state index < -0.39 is 0 Å². The third kappa shape index (κ3) is 4.11. The molecular weight excluding hydrogens is 368 g/mol. The highest BCUT2D eigenvalue weighted by molar-refractivity contribution is 5.94. The van der Waals surface area contributed by atoms with Crippen molar-refractivity contribution < 1.29 is 9.53 Å². The fourth-order valence-electron chi connectivity index (χ4n) is 3.33. The maximum Gasteiger partial charge on any atom is 0.253 e. The lowest BCUT2D eigenvalue weighted by molar-refractivity contribution is 0.0747. The van der Waals surface area contributed by atoms with Gasteiger partial charge in [-0.3, -0.25) is 9.78 Å². The van der Waals surface area contributed by atoms with Crippen LogP contribution in [0.25, 0.3) is 11.3 Å². The van der Waals surface area contributed by atoms with E-state index in [-0.39, 0.29) is 5.91 Å². The van der Waals surface area contributed by atoms with Gasteiger partial charge < -0.3 is 20.3 Å². The molecule has 4 rings (SSSR count). The molecule has 3 aromatic rings. The van der Waals surface area contributed by atoms with Crippen molar-refractivity contribution in [3.63, 3.8) is 0 Å². The molecule has 0 bridgehead atoms.